The molecular formula is C7H3ClFN3O2. The van der Waals surface area contributed by atoms with E-state index in [1.54, 1.807) is 0 Å². The smallest absolute Gasteiger partial charge is 0.338 e. The third kappa shape index (κ3) is 1.93. The Balaban J connectivity index is 3.41. The first kappa shape index (κ1) is 10.3. The molecule has 1 rings (SSSR count). The number of azide groups is 1. The Kier molecular flexibility index (Phi) is 2.91. The maximum atomic E-state index is 12.9. The van der Waals surface area contributed by atoms with Gasteiger partial charge in [-0.3, -0.25) is 0 Å². The van der Waals surface area contributed by atoms with Crippen molar-refractivity contribution in [1.82, 2.24) is 0 Å². The molecule has 0 fully saturated rings. The van der Waals surface area contributed by atoms with Crippen LogP contribution in [0.15, 0.2) is 17.2 Å². The van der Waals surface area contributed by atoms with Gasteiger partial charge in [0.1, 0.15) is 5.82 Å². The summed E-state index contributed by atoms with van der Waals surface area (Å²) in [5.41, 5.74) is 7.40. The lowest BCUT2D eigenvalue weighted by atomic mass is 10.2. The molecule has 0 bridgehead atoms. The van der Waals surface area contributed by atoms with Crippen molar-refractivity contribution in [3.8, 4) is 0 Å². The summed E-state index contributed by atoms with van der Waals surface area (Å²) >= 11 is 5.49. The summed E-state index contributed by atoms with van der Waals surface area (Å²) < 4.78 is 12.9. The van der Waals surface area contributed by atoms with E-state index >= 15 is 0 Å². The van der Waals surface area contributed by atoms with Crippen LogP contribution in [0.3, 0.4) is 0 Å². The molecule has 1 aromatic rings. The van der Waals surface area contributed by atoms with Gasteiger partial charge in [0.15, 0.2) is 0 Å². The van der Waals surface area contributed by atoms with Gasteiger partial charge >= 0.3 is 5.97 Å². The molecule has 0 amide bonds. The van der Waals surface area contributed by atoms with E-state index in [4.69, 9.17) is 22.2 Å². The van der Waals surface area contributed by atoms with Crippen molar-refractivity contribution in [3.63, 3.8) is 0 Å². The molecule has 0 aliphatic carbocycles. The zero-order valence-corrected chi connectivity index (χ0v) is 7.36. The summed E-state index contributed by atoms with van der Waals surface area (Å²) in [5, 5.41) is 11.5. The van der Waals surface area contributed by atoms with Crippen LogP contribution in [-0.4, -0.2) is 11.1 Å². The third-order valence-electron chi connectivity index (χ3n) is 1.42. The zero-order valence-electron chi connectivity index (χ0n) is 6.61. The van der Waals surface area contributed by atoms with E-state index in [1.165, 1.54) is 0 Å². The van der Waals surface area contributed by atoms with Crippen LogP contribution in [0, 0.1) is 5.82 Å². The predicted octanol–water partition coefficient (Wildman–Crippen LogP) is 3.12. The zero-order chi connectivity index (χ0) is 10.7. The van der Waals surface area contributed by atoms with Crippen LogP contribution in [0.25, 0.3) is 10.4 Å². The number of aromatic carboxylic acids is 1. The minimum absolute atomic E-state index is 0.118. The van der Waals surface area contributed by atoms with Gasteiger partial charge < -0.3 is 5.11 Å². The van der Waals surface area contributed by atoms with Crippen LogP contribution in [0.2, 0.25) is 5.02 Å². The molecule has 14 heavy (non-hydrogen) atoms. The Labute approximate surface area is 82.4 Å². The van der Waals surface area contributed by atoms with Crippen molar-refractivity contribution in [2.24, 2.45) is 5.11 Å². The summed E-state index contributed by atoms with van der Waals surface area (Å²) in [7, 11) is 0. The number of carboxylic acids is 1. The van der Waals surface area contributed by atoms with E-state index in [0.717, 1.165) is 12.1 Å². The maximum absolute atomic E-state index is 12.9. The Hall–Kier alpha value is -1.78. The minimum atomic E-state index is -1.45. The van der Waals surface area contributed by atoms with Crippen molar-refractivity contribution < 1.29 is 14.3 Å². The molecule has 72 valence electrons. The molecule has 0 saturated carbocycles. The molecule has 1 aromatic carbocycles. The molecule has 0 aliphatic heterocycles. The Morgan fingerprint density at radius 1 is 1.64 bits per heavy atom. The van der Waals surface area contributed by atoms with E-state index in [-0.39, 0.29) is 10.7 Å². The molecule has 1 N–H and O–H groups in total. The second-order valence-electron chi connectivity index (χ2n) is 2.28. The minimum Gasteiger partial charge on any atom is -0.478 e. The van der Waals surface area contributed by atoms with E-state index in [0.29, 0.717) is 0 Å². The van der Waals surface area contributed by atoms with Crippen LogP contribution < -0.4 is 0 Å². The number of halogens is 2. The molecule has 0 aliphatic rings. The van der Waals surface area contributed by atoms with Gasteiger partial charge in [0, 0.05) is 4.91 Å². The lowest BCUT2D eigenvalue weighted by molar-refractivity contribution is 0.0692. The Morgan fingerprint density at radius 3 is 2.79 bits per heavy atom. The molecule has 0 radical (unpaired) electrons. The van der Waals surface area contributed by atoms with Crippen LogP contribution in [-0.2, 0) is 0 Å². The van der Waals surface area contributed by atoms with Crippen molar-refractivity contribution in [3.05, 3.63) is 39.0 Å². The van der Waals surface area contributed by atoms with E-state index < -0.39 is 17.3 Å². The van der Waals surface area contributed by atoms with Crippen LogP contribution in [0.4, 0.5) is 10.1 Å². The van der Waals surface area contributed by atoms with Crippen molar-refractivity contribution >= 4 is 23.3 Å². The lowest BCUT2D eigenvalue weighted by Crippen LogP contribution is -1.99. The highest BCUT2D eigenvalue weighted by Gasteiger charge is 2.13. The van der Waals surface area contributed by atoms with Crippen LogP contribution in [0.5, 0.6) is 0 Å². The molecule has 0 spiro atoms. The molecule has 5 nitrogen and oxygen atoms in total. The van der Waals surface area contributed by atoms with Gasteiger partial charge in [-0.15, -0.1) is 0 Å². The van der Waals surface area contributed by atoms with E-state index in [9.17, 15) is 9.18 Å². The average Bonchev–Trinajstić information content (AvgIpc) is 2.09. The van der Waals surface area contributed by atoms with E-state index in [1.807, 2.05) is 0 Å². The third-order valence-corrected chi connectivity index (χ3v) is 1.72. The highest BCUT2D eigenvalue weighted by atomic mass is 35.5. The van der Waals surface area contributed by atoms with Crippen molar-refractivity contribution in [2.45, 2.75) is 0 Å². The first-order valence-electron chi connectivity index (χ1n) is 3.33. The molecule has 7 heteroatoms. The summed E-state index contributed by atoms with van der Waals surface area (Å²) in [5.74, 6) is -2.42. The average molecular weight is 216 g/mol. The van der Waals surface area contributed by atoms with Gasteiger partial charge in [-0.05, 0) is 17.7 Å². The quantitative estimate of drug-likeness (QED) is 0.467. The number of hydrogen-bond acceptors (Lipinski definition) is 2. The number of rotatable bonds is 2. The molecule has 0 heterocycles. The second kappa shape index (κ2) is 3.95. The largest absolute Gasteiger partial charge is 0.478 e. The van der Waals surface area contributed by atoms with Gasteiger partial charge in [0.05, 0.1) is 16.3 Å². The molecule has 0 saturated heterocycles. The highest BCUT2D eigenvalue weighted by molar-refractivity contribution is 6.33. The van der Waals surface area contributed by atoms with Gasteiger partial charge in [-0.25, -0.2) is 9.18 Å². The number of carboxylic acid groups (broad SMARTS) is 1. The Morgan fingerprint density at radius 2 is 2.29 bits per heavy atom. The Bertz CT molecular complexity index is 420. The molecule has 0 atom stereocenters. The maximum Gasteiger partial charge on any atom is 0.338 e. The fraction of sp³-hybridized carbons (Fsp3) is 0. The molecule has 0 unspecified atom stereocenters. The lowest BCUT2D eigenvalue weighted by Gasteiger charge is -2.00. The number of benzene rings is 1. The topological polar surface area (TPSA) is 86.1 Å². The normalized spacial score (nSPS) is 9.29. The predicted molar refractivity (Wildman–Crippen MR) is 47.2 cm³/mol. The fourth-order valence-corrected chi connectivity index (χ4v) is 1.01. The fourth-order valence-electron chi connectivity index (χ4n) is 0.826. The van der Waals surface area contributed by atoms with Crippen LogP contribution in [0.1, 0.15) is 10.4 Å². The van der Waals surface area contributed by atoms with Gasteiger partial charge in [0.25, 0.3) is 0 Å². The van der Waals surface area contributed by atoms with E-state index in [2.05, 4.69) is 10.0 Å². The molecule has 0 aromatic heterocycles. The second-order valence-corrected chi connectivity index (χ2v) is 2.69. The van der Waals surface area contributed by atoms with Gasteiger partial charge in [0.2, 0.25) is 0 Å². The summed E-state index contributed by atoms with van der Waals surface area (Å²) in [6, 6.07) is 1.66. The highest BCUT2D eigenvalue weighted by Crippen LogP contribution is 2.28. The van der Waals surface area contributed by atoms with Crippen molar-refractivity contribution in [1.29, 1.82) is 0 Å². The summed E-state index contributed by atoms with van der Waals surface area (Å²) in [4.78, 5) is 12.9. The SMILES string of the molecule is [N-]=[N+]=Nc1cc(C(=O)O)c(F)cc1Cl. The summed E-state index contributed by atoms with van der Waals surface area (Å²) in [6.45, 7) is 0. The number of carbonyl (C=O) groups is 1. The summed E-state index contributed by atoms with van der Waals surface area (Å²) in [6.07, 6.45) is 0. The first-order chi connectivity index (χ1) is 6.56. The standard InChI is InChI=1S/C7H3ClFN3O2/c8-4-2-5(9)3(7(13)14)1-6(4)11-12-10/h1-2H,(H,13,14). The monoisotopic (exact) mass is 215 g/mol. The van der Waals surface area contributed by atoms with Crippen molar-refractivity contribution in [2.75, 3.05) is 0 Å². The molecular weight excluding hydrogens is 213 g/mol. The first-order valence-corrected chi connectivity index (χ1v) is 3.71. The van der Waals surface area contributed by atoms with Gasteiger partial charge in [-0.2, -0.15) is 0 Å². The van der Waals surface area contributed by atoms with Gasteiger partial charge in [-0.1, -0.05) is 16.7 Å². The number of nitrogens with zero attached hydrogens (tertiary/aromatic N) is 3. The number of hydrogen-bond donors (Lipinski definition) is 1. The van der Waals surface area contributed by atoms with Crippen LogP contribution >= 0.6 is 11.6 Å².